The van der Waals surface area contributed by atoms with Crippen molar-refractivity contribution >= 4 is 12.0 Å². The molecule has 2 aromatic carbocycles. The number of carbonyl (C=O) groups excluding carboxylic acids is 2. The summed E-state index contributed by atoms with van der Waals surface area (Å²) in [5, 5.41) is 6.83. The van der Waals surface area contributed by atoms with Gasteiger partial charge in [0.2, 0.25) is 0 Å². The van der Waals surface area contributed by atoms with Crippen LogP contribution >= 0.6 is 0 Å². The van der Waals surface area contributed by atoms with Crippen LogP contribution in [0.3, 0.4) is 0 Å². The summed E-state index contributed by atoms with van der Waals surface area (Å²) in [4.78, 5) is 30.4. The van der Waals surface area contributed by atoms with E-state index in [-0.39, 0.29) is 11.9 Å². The summed E-state index contributed by atoms with van der Waals surface area (Å²) in [5.41, 5.74) is 2.84. The molecule has 1 unspecified atom stereocenters. The van der Waals surface area contributed by atoms with E-state index in [9.17, 15) is 9.59 Å². The zero-order chi connectivity index (χ0) is 23.3. The lowest BCUT2D eigenvalue weighted by molar-refractivity contribution is 0.0523. The number of hydrogen-bond acceptors (Lipinski definition) is 5. The van der Waals surface area contributed by atoms with Gasteiger partial charge in [-0.25, -0.2) is 14.5 Å². The Kier molecular flexibility index (Phi) is 6.92. The van der Waals surface area contributed by atoms with Crippen molar-refractivity contribution in [2.45, 2.75) is 45.9 Å². The molecule has 0 radical (unpaired) electrons. The fourth-order valence-corrected chi connectivity index (χ4v) is 3.10. The highest BCUT2D eigenvalue weighted by Gasteiger charge is 2.19. The van der Waals surface area contributed by atoms with E-state index in [0.29, 0.717) is 12.1 Å². The zero-order valence-electron chi connectivity index (χ0n) is 19.1. The number of carbonyl (C=O) groups is 2. The maximum Gasteiger partial charge on any atom is 0.407 e. The highest BCUT2D eigenvalue weighted by molar-refractivity contribution is 5.94. The molecular formula is C24H29N5O3. The quantitative estimate of drug-likeness (QED) is 0.629. The van der Waals surface area contributed by atoms with Crippen LogP contribution in [0.15, 0.2) is 61.2 Å². The number of aromatic nitrogens is 3. The number of hydrogen-bond donors (Lipinski definition) is 1. The van der Waals surface area contributed by atoms with Gasteiger partial charge in [0, 0.05) is 19.2 Å². The topological polar surface area (TPSA) is 89.4 Å². The predicted molar refractivity (Wildman–Crippen MR) is 121 cm³/mol. The van der Waals surface area contributed by atoms with Gasteiger partial charge >= 0.3 is 6.09 Å². The maximum absolute atomic E-state index is 13.0. The first-order chi connectivity index (χ1) is 15.1. The van der Waals surface area contributed by atoms with Crippen molar-refractivity contribution in [2.75, 3.05) is 7.05 Å². The van der Waals surface area contributed by atoms with E-state index in [4.69, 9.17) is 4.74 Å². The highest BCUT2D eigenvalue weighted by Crippen LogP contribution is 2.22. The molecule has 3 rings (SSSR count). The lowest BCUT2D eigenvalue weighted by atomic mass is 10.0. The summed E-state index contributed by atoms with van der Waals surface area (Å²) in [6.45, 7) is 7.76. The molecule has 3 aromatic rings. The fourth-order valence-electron chi connectivity index (χ4n) is 3.10. The standard InChI is InChI=1S/C24H29N5O3/c1-17(19-10-12-21(13-11-19)29-16-25-15-27-29)28(5)22(30)20-8-6-18(7-9-20)14-26-23(31)32-24(2,3)4/h6-13,15-17H,14H2,1-5H3,(H,26,31). The maximum atomic E-state index is 13.0. The van der Waals surface area contributed by atoms with Crippen molar-refractivity contribution in [1.29, 1.82) is 0 Å². The molecule has 1 atom stereocenters. The minimum absolute atomic E-state index is 0.0792. The van der Waals surface area contributed by atoms with Crippen LogP contribution in [-0.2, 0) is 11.3 Å². The smallest absolute Gasteiger partial charge is 0.407 e. The minimum atomic E-state index is -0.543. The molecule has 1 N–H and O–H groups in total. The number of rotatable bonds is 6. The molecule has 2 amide bonds. The van der Waals surface area contributed by atoms with E-state index in [1.807, 2.05) is 64.1 Å². The van der Waals surface area contributed by atoms with Crippen LogP contribution in [0.1, 0.15) is 55.2 Å². The van der Waals surface area contributed by atoms with Gasteiger partial charge in [0.25, 0.3) is 5.91 Å². The van der Waals surface area contributed by atoms with Gasteiger partial charge in [0.1, 0.15) is 18.3 Å². The molecule has 0 saturated heterocycles. The van der Waals surface area contributed by atoms with Crippen LogP contribution in [-0.4, -0.2) is 44.3 Å². The normalized spacial score (nSPS) is 12.2. The van der Waals surface area contributed by atoms with Gasteiger partial charge in [-0.15, -0.1) is 0 Å². The van der Waals surface area contributed by atoms with Crippen LogP contribution in [0.2, 0.25) is 0 Å². The SMILES string of the molecule is CC(c1ccc(-n2cncn2)cc1)N(C)C(=O)c1ccc(CNC(=O)OC(C)(C)C)cc1. The van der Waals surface area contributed by atoms with Gasteiger partial charge in [-0.3, -0.25) is 4.79 Å². The molecule has 0 saturated carbocycles. The van der Waals surface area contributed by atoms with E-state index in [1.54, 1.807) is 35.1 Å². The van der Waals surface area contributed by atoms with Gasteiger partial charge in [-0.2, -0.15) is 5.10 Å². The number of nitrogens with zero attached hydrogens (tertiary/aromatic N) is 4. The van der Waals surface area contributed by atoms with Gasteiger partial charge in [0.15, 0.2) is 0 Å². The molecule has 0 aliphatic carbocycles. The van der Waals surface area contributed by atoms with Gasteiger partial charge in [0.05, 0.1) is 11.7 Å². The van der Waals surface area contributed by atoms with Gasteiger partial charge < -0.3 is 15.0 Å². The molecule has 0 fully saturated rings. The van der Waals surface area contributed by atoms with E-state index in [0.717, 1.165) is 16.8 Å². The molecule has 1 heterocycles. The van der Waals surface area contributed by atoms with Crippen molar-refractivity contribution < 1.29 is 14.3 Å². The third-order valence-corrected chi connectivity index (χ3v) is 5.00. The summed E-state index contributed by atoms with van der Waals surface area (Å²) < 4.78 is 6.91. The van der Waals surface area contributed by atoms with Crippen LogP contribution in [0.4, 0.5) is 4.79 Å². The summed E-state index contributed by atoms with van der Waals surface area (Å²) in [6.07, 6.45) is 2.66. The summed E-state index contributed by atoms with van der Waals surface area (Å²) in [6, 6.07) is 15.0. The highest BCUT2D eigenvalue weighted by atomic mass is 16.6. The summed E-state index contributed by atoms with van der Waals surface area (Å²) >= 11 is 0. The zero-order valence-corrected chi connectivity index (χ0v) is 19.1. The Morgan fingerprint density at radius 1 is 1.09 bits per heavy atom. The molecular weight excluding hydrogens is 406 g/mol. The average Bonchev–Trinajstić information content (AvgIpc) is 3.30. The molecule has 1 aromatic heterocycles. The minimum Gasteiger partial charge on any atom is -0.444 e. The van der Waals surface area contributed by atoms with Crippen LogP contribution < -0.4 is 5.32 Å². The molecule has 0 aliphatic heterocycles. The Bertz CT molecular complexity index is 1040. The molecule has 0 spiro atoms. The van der Waals surface area contributed by atoms with Crippen molar-refractivity contribution in [1.82, 2.24) is 25.0 Å². The van der Waals surface area contributed by atoms with E-state index in [2.05, 4.69) is 15.4 Å². The molecule has 0 bridgehead atoms. The molecule has 0 aliphatic rings. The monoisotopic (exact) mass is 435 g/mol. The summed E-state index contributed by atoms with van der Waals surface area (Å²) in [5.74, 6) is -0.0792. The fraction of sp³-hybridized carbons (Fsp3) is 0.333. The van der Waals surface area contributed by atoms with Gasteiger partial charge in [-0.1, -0.05) is 24.3 Å². The van der Waals surface area contributed by atoms with Crippen molar-refractivity contribution in [3.05, 3.63) is 77.9 Å². The Morgan fingerprint density at radius 3 is 2.31 bits per heavy atom. The van der Waals surface area contributed by atoms with Crippen LogP contribution in [0.25, 0.3) is 5.69 Å². The second kappa shape index (κ2) is 9.64. The van der Waals surface area contributed by atoms with E-state index >= 15 is 0 Å². The lowest BCUT2D eigenvalue weighted by Gasteiger charge is -2.25. The second-order valence-corrected chi connectivity index (χ2v) is 8.58. The van der Waals surface area contributed by atoms with Crippen molar-refractivity contribution in [3.63, 3.8) is 0 Å². The van der Waals surface area contributed by atoms with Gasteiger partial charge in [-0.05, 0) is 63.1 Å². The first-order valence-corrected chi connectivity index (χ1v) is 10.4. The number of alkyl carbamates (subject to hydrolysis) is 1. The van der Waals surface area contributed by atoms with Crippen LogP contribution in [0.5, 0.6) is 0 Å². The van der Waals surface area contributed by atoms with E-state index < -0.39 is 11.7 Å². The Labute approximate surface area is 188 Å². The summed E-state index contributed by atoms with van der Waals surface area (Å²) in [7, 11) is 1.79. The Hall–Kier alpha value is -3.68. The van der Waals surface area contributed by atoms with Crippen molar-refractivity contribution in [3.8, 4) is 5.69 Å². The lowest BCUT2D eigenvalue weighted by Crippen LogP contribution is -2.32. The Balaban J connectivity index is 1.59. The first kappa shape index (κ1) is 23.0. The molecule has 168 valence electrons. The number of benzene rings is 2. The Morgan fingerprint density at radius 2 is 1.75 bits per heavy atom. The van der Waals surface area contributed by atoms with E-state index in [1.165, 1.54) is 6.33 Å². The number of amides is 2. The third kappa shape index (κ3) is 5.94. The molecule has 32 heavy (non-hydrogen) atoms. The predicted octanol–water partition coefficient (Wildman–Crippen LogP) is 4.13. The molecule has 8 heteroatoms. The van der Waals surface area contributed by atoms with Crippen molar-refractivity contribution in [2.24, 2.45) is 0 Å². The average molecular weight is 436 g/mol. The third-order valence-electron chi connectivity index (χ3n) is 5.00. The first-order valence-electron chi connectivity index (χ1n) is 10.4. The largest absolute Gasteiger partial charge is 0.444 e. The number of nitrogens with one attached hydrogen (secondary N) is 1. The second-order valence-electron chi connectivity index (χ2n) is 8.58. The molecule has 8 nitrogen and oxygen atoms in total. The number of ether oxygens (including phenoxy) is 1. The van der Waals surface area contributed by atoms with Crippen LogP contribution in [0, 0.1) is 0 Å².